The van der Waals surface area contributed by atoms with Gasteiger partial charge in [-0.05, 0) is 24.6 Å². The van der Waals surface area contributed by atoms with Crippen LogP contribution in [-0.2, 0) is 0 Å². The van der Waals surface area contributed by atoms with Gasteiger partial charge in [0.2, 0.25) is 0 Å². The second-order valence-electron chi connectivity index (χ2n) is 4.14. The summed E-state index contributed by atoms with van der Waals surface area (Å²) >= 11 is 0. The number of benzene rings is 2. The summed E-state index contributed by atoms with van der Waals surface area (Å²) in [5, 5.41) is 13.2. The zero-order valence-electron chi connectivity index (χ0n) is 9.88. The first-order chi connectivity index (χ1) is 8.27. The van der Waals surface area contributed by atoms with Crippen LogP contribution >= 0.6 is 0 Å². The van der Waals surface area contributed by atoms with Gasteiger partial charge in [0.25, 0.3) is 0 Å². The zero-order valence-corrected chi connectivity index (χ0v) is 9.88. The summed E-state index contributed by atoms with van der Waals surface area (Å²) in [6, 6.07) is 19.8. The maximum atomic E-state index is 9.86. The van der Waals surface area contributed by atoms with Crippen LogP contribution in [0.15, 0.2) is 60.7 Å². The van der Waals surface area contributed by atoms with Crippen molar-refractivity contribution in [2.45, 2.75) is 19.1 Å². The van der Waals surface area contributed by atoms with Gasteiger partial charge in [0.15, 0.2) is 0 Å². The van der Waals surface area contributed by atoms with Gasteiger partial charge in [0.1, 0.15) is 0 Å². The Bertz CT molecular complexity index is 439. The fourth-order valence-electron chi connectivity index (χ4n) is 1.86. The first-order valence-corrected chi connectivity index (χ1v) is 5.82. The lowest BCUT2D eigenvalue weighted by atomic mass is 10.0. The van der Waals surface area contributed by atoms with Gasteiger partial charge in [-0.25, -0.2) is 0 Å². The van der Waals surface area contributed by atoms with Crippen LogP contribution in [0.3, 0.4) is 0 Å². The third-order valence-corrected chi connectivity index (χ3v) is 2.74. The fourth-order valence-corrected chi connectivity index (χ4v) is 1.86. The summed E-state index contributed by atoms with van der Waals surface area (Å²) < 4.78 is 0. The molecule has 0 heterocycles. The molecule has 0 aromatic heterocycles. The molecule has 2 aromatic carbocycles. The van der Waals surface area contributed by atoms with Crippen molar-refractivity contribution in [3.63, 3.8) is 0 Å². The van der Waals surface area contributed by atoms with E-state index < -0.39 is 6.10 Å². The summed E-state index contributed by atoms with van der Waals surface area (Å²) in [5.74, 6) is 0. The van der Waals surface area contributed by atoms with E-state index in [0.29, 0.717) is 0 Å². The first kappa shape index (κ1) is 11.7. The molecule has 0 aliphatic heterocycles. The standard InChI is InChI=1S/C15H17NO/c1-12(17)15(13-8-4-2-5-9-13)16-14-10-6-3-7-11-14/h2-12,15-17H,1H3/t12-,15+/m1/s1. The van der Waals surface area contributed by atoms with Gasteiger partial charge in [-0.3, -0.25) is 0 Å². The average molecular weight is 227 g/mol. The molecule has 2 atom stereocenters. The zero-order chi connectivity index (χ0) is 12.1. The van der Waals surface area contributed by atoms with Gasteiger partial charge in [-0.15, -0.1) is 0 Å². The molecule has 0 radical (unpaired) electrons. The van der Waals surface area contributed by atoms with Crippen molar-refractivity contribution in [1.82, 2.24) is 0 Å². The van der Waals surface area contributed by atoms with Gasteiger partial charge < -0.3 is 10.4 Å². The second-order valence-corrected chi connectivity index (χ2v) is 4.14. The van der Waals surface area contributed by atoms with E-state index in [4.69, 9.17) is 0 Å². The lowest BCUT2D eigenvalue weighted by Crippen LogP contribution is -2.22. The highest BCUT2D eigenvalue weighted by Crippen LogP contribution is 2.22. The molecule has 0 unspecified atom stereocenters. The van der Waals surface area contributed by atoms with Crippen LogP contribution in [0.5, 0.6) is 0 Å². The van der Waals surface area contributed by atoms with Gasteiger partial charge >= 0.3 is 0 Å². The highest BCUT2D eigenvalue weighted by Gasteiger charge is 2.16. The maximum absolute atomic E-state index is 9.86. The monoisotopic (exact) mass is 227 g/mol. The smallest absolute Gasteiger partial charge is 0.0770 e. The Morgan fingerprint density at radius 3 is 1.94 bits per heavy atom. The van der Waals surface area contributed by atoms with Crippen molar-refractivity contribution < 1.29 is 5.11 Å². The predicted octanol–water partition coefficient (Wildman–Crippen LogP) is 3.22. The number of anilines is 1. The molecule has 2 N–H and O–H groups in total. The van der Waals surface area contributed by atoms with E-state index in [-0.39, 0.29) is 6.04 Å². The SMILES string of the molecule is C[C@@H](O)[C@H](Nc1ccccc1)c1ccccc1. The largest absolute Gasteiger partial charge is 0.391 e. The first-order valence-electron chi connectivity index (χ1n) is 5.82. The minimum atomic E-state index is -0.447. The van der Waals surface area contributed by atoms with Crippen LogP contribution in [0.25, 0.3) is 0 Å². The van der Waals surface area contributed by atoms with Crippen LogP contribution in [0, 0.1) is 0 Å². The Morgan fingerprint density at radius 1 is 0.882 bits per heavy atom. The highest BCUT2D eigenvalue weighted by molar-refractivity contribution is 5.45. The number of rotatable bonds is 4. The summed E-state index contributed by atoms with van der Waals surface area (Å²) in [6.45, 7) is 1.80. The normalized spacial score (nSPS) is 14.0. The molecule has 17 heavy (non-hydrogen) atoms. The van der Waals surface area contributed by atoms with Crippen molar-refractivity contribution in [2.75, 3.05) is 5.32 Å². The minimum absolute atomic E-state index is 0.0846. The number of hydrogen-bond donors (Lipinski definition) is 2. The summed E-state index contributed by atoms with van der Waals surface area (Å²) in [6.07, 6.45) is -0.447. The van der Waals surface area contributed by atoms with E-state index in [9.17, 15) is 5.11 Å². The second kappa shape index (κ2) is 5.51. The molecular weight excluding hydrogens is 210 g/mol. The van der Waals surface area contributed by atoms with Crippen molar-refractivity contribution in [2.24, 2.45) is 0 Å². The van der Waals surface area contributed by atoms with Crippen molar-refractivity contribution >= 4 is 5.69 Å². The summed E-state index contributed by atoms with van der Waals surface area (Å²) in [4.78, 5) is 0. The van der Waals surface area contributed by atoms with E-state index in [1.54, 1.807) is 6.92 Å². The quantitative estimate of drug-likeness (QED) is 0.840. The van der Waals surface area contributed by atoms with E-state index in [1.807, 2.05) is 60.7 Å². The van der Waals surface area contributed by atoms with Crippen LogP contribution in [0.1, 0.15) is 18.5 Å². The average Bonchev–Trinajstić information content (AvgIpc) is 2.38. The van der Waals surface area contributed by atoms with Crippen molar-refractivity contribution in [1.29, 1.82) is 0 Å². The van der Waals surface area contributed by atoms with Crippen LogP contribution < -0.4 is 5.32 Å². The number of para-hydroxylation sites is 1. The minimum Gasteiger partial charge on any atom is -0.391 e. The molecule has 88 valence electrons. The molecule has 0 saturated heterocycles. The Hall–Kier alpha value is -1.80. The van der Waals surface area contributed by atoms with E-state index in [2.05, 4.69) is 5.32 Å². The Kier molecular flexibility index (Phi) is 3.78. The molecule has 0 fully saturated rings. The Balaban J connectivity index is 2.20. The molecule has 0 aliphatic rings. The third kappa shape index (κ3) is 3.08. The van der Waals surface area contributed by atoms with Gasteiger partial charge in [0.05, 0.1) is 12.1 Å². The fraction of sp³-hybridized carbons (Fsp3) is 0.200. The molecule has 0 spiro atoms. The highest BCUT2D eigenvalue weighted by atomic mass is 16.3. The summed E-state index contributed by atoms with van der Waals surface area (Å²) in [5.41, 5.74) is 2.11. The maximum Gasteiger partial charge on any atom is 0.0770 e. The Labute approximate surface area is 102 Å². The molecule has 2 heteroatoms. The number of hydrogen-bond acceptors (Lipinski definition) is 2. The van der Waals surface area contributed by atoms with E-state index in [1.165, 1.54) is 0 Å². The lowest BCUT2D eigenvalue weighted by Gasteiger charge is -2.23. The molecule has 2 nitrogen and oxygen atoms in total. The predicted molar refractivity (Wildman–Crippen MR) is 70.9 cm³/mol. The lowest BCUT2D eigenvalue weighted by molar-refractivity contribution is 0.172. The molecule has 0 aliphatic carbocycles. The molecular formula is C15H17NO. The molecule has 2 rings (SSSR count). The third-order valence-electron chi connectivity index (χ3n) is 2.74. The Morgan fingerprint density at radius 2 is 1.41 bits per heavy atom. The van der Waals surface area contributed by atoms with Crippen LogP contribution in [0.4, 0.5) is 5.69 Å². The number of aliphatic hydroxyl groups is 1. The molecule has 0 amide bonds. The van der Waals surface area contributed by atoms with E-state index >= 15 is 0 Å². The number of nitrogens with one attached hydrogen (secondary N) is 1. The van der Waals surface area contributed by atoms with Crippen LogP contribution in [-0.4, -0.2) is 11.2 Å². The van der Waals surface area contributed by atoms with Crippen molar-refractivity contribution in [3.8, 4) is 0 Å². The number of aliphatic hydroxyl groups excluding tert-OH is 1. The molecule has 2 aromatic rings. The van der Waals surface area contributed by atoms with Gasteiger partial charge in [-0.2, -0.15) is 0 Å². The van der Waals surface area contributed by atoms with E-state index in [0.717, 1.165) is 11.3 Å². The van der Waals surface area contributed by atoms with Gasteiger partial charge in [0, 0.05) is 5.69 Å². The topological polar surface area (TPSA) is 32.3 Å². The molecule has 0 bridgehead atoms. The van der Waals surface area contributed by atoms with Crippen LogP contribution in [0.2, 0.25) is 0 Å². The summed E-state index contributed by atoms with van der Waals surface area (Å²) in [7, 11) is 0. The van der Waals surface area contributed by atoms with Crippen molar-refractivity contribution in [3.05, 3.63) is 66.2 Å². The van der Waals surface area contributed by atoms with Gasteiger partial charge in [-0.1, -0.05) is 48.5 Å². The molecule has 0 saturated carbocycles.